The van der Waals surface area contributed by atoms with Crippen molar-refractivity contribution in [2.45, 2.75) is 38.4 Å². The Morgan fingerprint density at radius 2 is 2.32 bits per heavy atom. The number of halogens is 1. The highest BCUT2D eigenvalue weighted by molar-refractivity contribution is 9.10. The van der Waals surface area contributed by atoms with E-state index in [9.17, 15) is 5.11 Å². The third kappa shape index (κ3) is 3.50. The maximum atomic E-state index is 10.5. The zero-order valence-electron chi connectivity index (χ0n) is 11.4. The molecule has 0 amide bonds. The molecule has 0 saturated carbocycles. The summed E-state index contributed by atoms with van der Waals surface area (Å²) in [6.45, 7) is 2.87. The van der Waals surface area contributed by atoms with Gasteiger partial charge < -0.3 is 14.6 Å². The molecule has 0 bridgehead atoms. The van der Waals surface area contributed by atoms with Gasteiger partial charge in [-0.2, -0.15) is 0 Å². The fourth-order valence-electron chi connectivity index (χ4n) is 2.74. The van der Waals surface area contributed by atoms with Crippen LogP contribution in [0.25, 0.3) is 0 Å². The van der Waals surface area contributed by atoms with Gasteiger partial charge in [0.2, 0.25) is 0 Å². The van der Waals surface area contributed by atoms with Crippen LogP contribution in [0.4, 0.5) is 0 Å². The minimum Gasteiger partial charge on any atom is -0.497 e. The molecule has 3 atom stereocenters. The predicted molar refractivity (Wildman–Crippen MR) is 78.5 cm³/mol. The van der Waals surface area contributed by atoms with Crippen molar-refractivity contribution >= 4 is 15.9 Å². The molecule has 1 aromatic carbocycles. The van der Waals surface area contributed by atoms with E-state index in [0.29, 0.717) is 6.42 Å². The summed E-state index contributed by atoms with van der Waals surface area (Å²) >= 11 is 3.53. The van der Waals surface area contributed by atoms with Crippen molar-refractivity contribution in [3.05, 3.63) is 28.2 Å². The number of hydrogen-bond donors (Lipinski definition) is 1. The van der Waals surface area contributed by atoms with Crippen LogP contribution in [0.5, 0.6) is 5.75 Å². The van der Waals surface area contributed by atoms with E-state index in [4.69, 9.17) is 9.47 Å². The van der Waals surface area contributed by atoms with Crippen molar-refractivity contribution in [2.24, 2.45) is 5.92 Å². The van der Waals surface area contributed by atoms with E-state index in [1.54, 1.807) is 7.11 Å². The lowest BCUT2D eigenvalue weighted by Gasteiger charge is -2.23. The summed E-state index contributed by atoms with van der Waals surface area (Å²) in [5.74, 6) is 1.06. The minimum absolute atomic E-state index is 0.194. The van der Waals surface area contributed by atoms with Gasteiger partial charge in [-0.3, -0.25) is 0 Å². The molecular formula is C15H21BrO3. The van der Waals surface area contributed by atoms with Crippen molar-refractivity contribution in [3.63, 3.8) is 0 Å². The normalized spacial score (nSPS) is 24.4. The van der Waals surface area contributed by atoms with Gasteiger partial charge in [-0.05, 0) is 43.0 Å². The number of hydrogen-bond acceptors (Lipinski definition) is 3. The van der Waals surface area contributed by atoms with Crippen molar-refractivity contribution in [3.8, 4) is 5.75 Å². The average molecular weight is 329 g/mol. The largest absolute Gasteiger partial charge is 0.497 e. The molecule has 1 aromatic rings. The SMILES string of the molecule is CCC1OCCC1C(O)Cc1cc(OC)ccc1Br. The number of methoxy groups -OCH3 is 1. The zero-order valence-corrected chi connectivity index (χ0v) is 13.0. The molecule has 0 radical (unpaired) electrons. The molecule has 1 N–H and O–H groups in total. The van der Waals surface area contributed by atoms with Crippen LogP contribution in [0, 0.1) is 5.92 Å². The van der Waals surface area contributed by atoms with E-state index in [-0.39, 0.29) is 18.1 Å². The second kappa shape index (κ2) is 6.73. The first-order chi connectivity index (χ1) is 9.15. The van der Waals surface area contributed by atoms with Gasteiger partial charge in [0.25, 0.3) is 0 Å². The monoisotopic (exact) mass is 328 g/mol. The van der Waals surface area contributed by atoms with Gasteiger partial charge in [0.15, 0.2) is 0 Å². The molecule has 4 heteroatoms. The Bertz CT molecular complexity index is 422. The van der Waals surface area contributed by atoms with Crippen LogP contribution in [-0.4, -0.2) is 31.0 Å². The molecule has 2 rings (SSSR count). The van der Waals surface area contributed by atoms with Crippen molar-refractivity contribution in [2.75, 3.05) is 13.7 Å². The second-order valence-electron chi connectivity index (χ2n) is 5.00. The highest BCUT2D eigenvalue weighted by Crippen LogP contribution is 2.30. The Hall–Kier alpha value is -0.580. The lowest BCUT2D eigenvalue weighted by Crippen LogP contribution is -2.29. The fourth-order valence-corrected chi connectivity index (χ4v) is 3.15. The van der Waals surface area contributed by atoms with E-state index in [2.05, 4.69) is 22.9 Å². The van der Waals surface area contributed by atoms with Gasteiger partial charge >= 0.3 is 0 Å². The Morgan fingerprint density at radius 1 is 1.53 bits per heavy atom. The van der Waals surface area contributed by atoms with Gasteiger partial charge in [0.1, 0.15) is 5.75 Å². The van der Waals surface area contributed by atoms with E-state index < -0.39 is 0 Å². The summed E-state index contributed by atoms with van der Waals surface area (Å²) in [6, 6.07) is 5.85. The van der Waals surface area contributed by atoms with Crippen LogP contribution in [-0.2, 0) is 11.2 Å². The highest BCUT2D eigenvalue weighted by atomic mass is 79.9. The standard InChI is InChI=1S/C15H21BrO3/c1-3-15-12(6-7-19-15)14(17)9-10-8-11(18-2)4-5-13(10)16/h4-5,8,12,14-15,17H,3,6-7,9H2,1-2H3. The summed E-state index contributed by atoms with van der Waals surface area (Å²) in [6.07, 6.45) is 2.36. The molecule has 1 heterocycles. The average Bonchev–Trinajstić information content (AvgIpc) is 2.89. The lowest BCUT2D eigenvalue weighted by molar-refractivity contribution is 0.0317. The van der Waals surface area contributed by atoms with E-state index in [0.717, 1.165) is 35.2 Å². The van der Waals surface area contributed by atoms with Crippen LogP contribution >= 0.6 is 15.9 Å². The third-order valence-corrected chi connectivity index (χ3v) is 4.61. The summed E-state index contributed by atoms with van der Waals surface area (Å²) in [4.78, 5) is 0. The fraction of sp³-hybridized carbons (Fsp3) is 0.600. The van der Waals surface area contributed by atoms with Gasteiger partial charge in [-0.1, -0.05) is 22.9 Å². The Labute approximate surface area is 123 Å². The molecule has 1 aliphatic heterocycles. The molecule has 0 aliphatic carbocycles. The zero-order chi connectivity index (χ0) is 13.8. The molecule has 106 valence electrons. The van der Waals surface area contributed by atoms with Crippen LogP contribution in [0.1, 0.15) is 25.3 Å². The van der Waals surface area contributed by atoms with Gasteiger partial charge in [-0.15, -0.1) is 0 Å². The number of aliphatic hydroxyl groups is 1. The summed E-state index contributed by atoms with van der Waals surface area (Å²) in [5.41, 5.74) is 1.08. The van der Waals surface area contributed by atoms with Crippen LogP contribution in [0.3, 0.4) is 0 Å². The van der Waals surface area contributed by atoms with E-state index in [1.807, 2.05) is 18.2 Å². The molecule has 19 heavy (non-hydrogen) atoms. The highest BCUT2D eigenvalue weighted by Gasteiger charge is 2.32. The summed E-state index contributed by atoms with van der Waals surface area (Å²) in [7, 11) is 1.65. The number of rotatable bonds is 5. The van der Waals surface area contributed by atoms with Gasteiger partial charge in [0, 0.05) is 17.0 Å². The smallest absolute Gasteiger partial charge is 0.119 e. The molecular weight excluding hydrogens is 308 g/mol. The maximum Gasteiger partial charge on any atom is 0.119 e. The van der Waals surface area contributed by atoms with Crippen molar-refractivity contribution in [1.29, 1.82) is 0 Å². The quantitative estimate of drug-likeness (QED) is 0.902. The molecule has 0 spiro atoms. The summed E-state index contributed by atoms with van der Waals surface area (Å²) < 4.78 is 11.9. The molecule has 3 nitrogen and oxygen atoms in total. The van der Waals surface area contributed by atoms with Gasteiger partial charge in [-0.25, -0.2) is 0 Å². The summed E-state index contributed by atoms with van der Waals surface area (Å²) in [5, 5.41) is 10.5. The number of aliphatic hydroxyl groups excluding tert-OH is 1. The van der Waals surface area contributed by atoms with Crippen molar-refractivity contribution in [1.82, 2.24) is 0 Å². The third-order valence-electron chi connectivity index (χ3n) is 3.84. The van der Waals surface area contributed by atoms with Crippen LogP contribution in [0.2, 0.25) is 0 Å². The van der Waals surface area contributed by atoms with Crippen molar-refractivity contribution < 1.29 is 14.6 Å². The Balaban J connectivity index is 2.07. The van der Waals surface area contributed by atoms with Crippen LogP contribution < -0.4 is 4.74 Å². The maximum absolute atomic E-state index is 10.5. The molecule has 0 aromatic heterocycles. The predicted octanol–water partition coefficient (Wildman–Crippen LogP) is 3.18. The Kier molecular flexibility index (Phi) is 5.25. The molecule has 1 aliphatic rings. The number of benzene rings is 1. The molecule has 1 saturated heterocycles. The minimum atomic E-state index is -0.365. The first kappa shape index (κ1) is 14.8. The number of ether oxygens (including phenoxy) is 2. The topological polar surface area (TPSA) is 38.7 Å². The van der Waals surface area contributed by atoms with Crippen LogP contribution in [0.15, 0.2) is 22.7 Å². The van der Waals surface area contributed by atoms with E-state index in [1.165, 1.54) is 0 Å². The second-order valence-corrected chi connectivity index (χ2v) is 5.85. The first-order valence-corrected chi connectivity index (χ1v) is 7.57. The Morgan fingerprint density at radius 3 is 3.00 bits per heavy atom. The van der Waals surface area contributed by atoms with E-state index >= 15 is 0 Å². The molecule has 3 unspecified atom stereocenters. The molecule has 1 fully saturated rings. The lowest BCUT2D eigenvalue weighted by atomic mass is 9.89. The first-order valence-electron chi connectivity index (χ1n) is 6.77. The van der Waals surface area contributed by atoms with Gasteiger partial charge in [0.05, 0.1) is 19.3 Å².